The molecule has 136 valence electrons. The second kappa shape index (κ2) is 10.2. The highest BCUT2D eigenvalue weighted by atomic mass is 16.5. The molecule has 0 spiro atoms. The third-order valence-corrected chi connectivity index (χ3v) is 4.92. The van der Waals surface area contributed by atoms with Gasteiger partial charge in [-0.25, -0.2) is 0 Å². The summed E-state index contributed by atoms with van der Waals surface area (Å²) in [6, 6.07) is 19.7. The van der Waals surface area contributed by atoms with Crippen LogP contribution in [0, 0.1) is 5.92 Å². The Morgan fingerprint density at radius 3 is 2.08 bits per heavy atom. The maximum atomic E-state index is 5.30. The van der Waals surface area contributed by atoms with Crippen LogP contribution in [-0.2, 0) is 0 Å². The molecule has 2 nitrogen and oxygen atoms in total. The number of rotatable bonds is 10. The van der Waals surface area contributed by atoms with Crippen molar-refractivity contribution >= 4 is 0 Å². The van der Waals surface area contributed by atoms with E-state index in [-0.39, 0.29) is 0 Å². The molecule has 0 unspecified atom stereocenters. The van der Waals surface area contributed by atoms with Gasteiger partial charge in [-0.1, -0.05) is 62.7 Å². The zero-order chi connectivity index (χ0) is 18.1. The van der Waals surface area contributed by atoms with Crippen LogP contribution in [0.5, 0.6) is 5.75 Å². The number of methoxy groups -OCH3 is 1. The topological polar surface area (TPSA) is 21.3 Å². The number of hydrogen-bond donors (Lipinski definition) is 1. The lowest BCUT2D eigenvalue weighted by atomic mass is 9.88. The number of nitrogens with one attached hydrogen (secondary N) is 1. The Bertz CT molecular complexity index is 591. The van der Waals surface area contributed by atoms with Crippen molar-refractivity contribution in [3.05, 3.63) is 65.7 Å². The largest absolute Gasteiger partial charge is 0.497 e. The normalized spacial score (nSPS) is 13.6. The summed E-state index contributed by atoms with van der Waals surface area (Å²) in [5.74, 6) is 2.28. The van der Waals surface area contributed by atoms with E-state index in [9.17, 15) is 0 Å². The van der Waals surface area contributed by atoms with Crippen LogP contribution in [0.2, 0.25) is 0 Å². The maximum Gasteiger partial charge on any atom is 0.118 e. The summed E-state index contributed by atoms with van der Waals surface area (Å²) in [6.45, 7) is 7.89. The van der Waals surface area contributed by atoms with Gasteiger partial charge in [0.1, 0.15) is 5.75 Å². The molecule has 0 amide bonds. The molecule has 0 aliphatic heterocycles. The molecule has 2 aromatic carbocycles. The van der Waals surface area contributed by atoms with Crippen LogP contribution >= 0.6 is 0 Å². The minimum absolute atomic E-state index is 0.391. The van der Waals surface area contributed by atoms with Gasteiger partial charge in [0.2, 0.25) is 0 Å². The Hall–Kier alpha value is -1.80. The SMILES string of the molecule is COc1ccc([C@H](CCN[C@@H](C)c2ccccc2)CCC(C)C)cc1. The molecule has 25 heavy (non-hydrogen) atoms. The van der Waals surface area contributed by atoms with Crippen molar-refractivity contribution in [2.75, 3.05) is 13.7 Å². The Morgan fingerprint density at radius 2 is 1.48 bits per heavy atom. The van der Waals surface area contributed by atoms with E-state index in [0.717, 1.165) is 24.6 Å². The third-order valence-electron chi connectivity index (χ3n) is 4.92. The van der Waals surface area contributed by atoms with E-state index in [2.05, 4.69) is 80.7 Å². The lowest BCUT2D eigenvalue weighted by Crippen LogP contribution is -2.21. The van der Waals surface area contributed by atoms with Crippen LogP contribution in [0.3, 0.4) is 0 Å². The predicted octanol–water partition coefficient (Wildman–Crippen LogP) is 5.96. The monoisotopic (exact) mass is 339 g/mol. The van der Waals surface area contributed by atoms with Gasteiger partial charge in [0.05, 0.1) is 7.11 Å². The minimum atomic E-state index is 0.391. The molecule has 1 N–H and O–H groups in total. The summed E-state index contributed by atoms with van der Waals surface area (Å²) in [5, 5.41) is 3.68. The summed E-state index contributed by atoms with van der Waals surface area (Å²) in [7, 11) is 1.72. The van der Waals surface area contributed by atoms with Crippen LogP contribution in [0.4, 0.5) is 0 Å². The van der Waals surface area contributed by atoms with Crippen molar-refractivity contribution in [2.45, 2.75) is 52.0 Å². The lowest BCUT2D eigenvalue weighted by molar-refractivity contribution is 0.414. The van der Waals surface area contributed by atoms with E-state index in [0.29, 0.717) is 12.0 Å². The first-order valence-electron chi connectivity index (χ1n) is 9.52. The molecule has 0 heterocycles. The molecule has 0 radical (unpaired) electrons. The average molecular weight is 340 g/mol. The summed E-state index contributed by atoms with van der Waals surface area (Å²) < 4.78 is 5.30. The van der Waals surface area contributed by atoms with Crippen molar-refractivity contribution < 1.29 is 4.74 Å². The Labute approximate surface area is 153 Å². The summed E-state index contributed by atoms with van der Waals surface area (Å²) >= 11 is 0. The van der Waals surface area contributed by atoms with Crippen molar-refractivity contribution in [2.24, 2.45) is 5.92 Å². The fourth-order valence-corrected chi connectivity index (χ4v) is 3.22. The first-order chi connectivity index (χ1) is 12.1. The van der Waals surface area contributed by atoms with Crippen LogP contribution in [0.1, 0.15) is 63.1 Å². The molecule has 2 heteroatoms. The van der Waals surface area contributed by atoms with Gasteiger partial charge in [-0.3, -0.25) is 0 Å². The Kier molecular flexibility index (Phi) is 8.00. The first kappa shape index (κ1) is 19.5. The molecule has 0 aliphatic rings. The standard InChI is InChI=1S/C23H33NO/c1-18(2)10-11-22(21-12-14-23(25-4)15-13-21)16-17-24-19(3)20-8-6-5-7-9-20/h5-9,12-15,18-19,22,24H,10-11,16-17H2,1-4H3/t19-,22-/m0/s1. The van der Waals surface area contributed by atoms with Gasteiger partial charge in [0.25, 0.3) is 0 Å². The molecule has 0 fully saturated rings. The van der Waals surface area contributed by atoms with Crippen molar-refractivity contribution in [1.29, 1.82) is 0 Å². The van der Waals surface area contributed by atoms with Gasteiger partial charge in [0, 0.05) is 6.04 Å². The van der Waals surface area contributed by atoms with Crippen molar-refractivity contribution in [1.82, 2.24) is 5.32 Å². The average Bonchev–Trinajstić information content (AvgIpc) is 2.65. The van der Waals surface area contributed by atoms with Crippen LogP contribution in [0.15, 0.2) is 54.6 Å². The highest BCUT2D eigenvalue weighted by molar-refractivity contribution is 5.29. The van der Waals surface area contributed by atoms with E-state index in [4.69, 9.17) is 4.74 Å². The summed E-state index contributed by atoms with van der Waals surface area (Å²) in [4.78, 5) is 0. The van der Waals surface area contributed by atoms with Gasteiger partial charge >= 0.3 is 0 Å². The zero-order valence-electron chi connectivity index (χ0n) is 16.2. The zero-order valence-corrected chi connectivity index (χ0v) is 16.2. The summed E-state index contributed by atoms with van der Waals surface area (Å²) in [6.07, 6.45) is 3.67. The molecular formula is C23H33NO. The Balaban J connectivity index is 1.93. The minimum Gasteiger partial charge on any atom is -0.497 e. The maximum absolute atomic E-state index is 5.30. The predicted molar refractivity (Wildman–Crippen MR) is 107 cm³/mol. The smallest absolute Gasteiger partial charge is 0.118 e. The fourth-order valence-electron chi connectivity index (χ4n) is 3.22. The number of ether oxygens (including phenoxy) is 1. The molecule has 2 atom stereocenters. The molecule has 0 aromatic heterocycles. The highest BCUT2D eigenvalue weighted by Crippen LogP contribution is 2.28. The second-order valence-electron chi connectivity index (χ2n) is 7.32. The van der Waals surface area contributed by atoms with Gasteiger partial charge in [0.15, 0.2) is 0 Å². The first-order valence-corrected chi connectivity index (χ1v) is 9.52. The van der Waals surface area contributed by atoms with Gasteiger partial charge < -0.3 is 10.1 Å². The van der Waals surface area contributed by atoms with Crippen LogP contribution in [0.25, 0.3) is 0 Å². The quantitative estimate of drug-likeness (QED) is 0.577. The summed E-state index contributed by atoms with van der Waals surface area (Å²) in [5.41, 5.74) is 2.78. The van der Waals surface area contributed by atoms with Gasteiger partial charge in [-0.15, -0.1) is 0 Å². The van der Waals surface area contributed by atoms with Gasteiger partial charge in [-0.05, 0) is 61.4 Å². The van der Waals surface area contributed by atoms with Crippen LogP contribution < -0.4 is 10.1 Å². The van der Waals surface area contributed by atoms with Crippen molar-refractivity contribution in [3.8, 4) is 5.75 Å². The number of benzene rings is 2. The highest BCUT2D eigenvalue weighted by Gasteiger charge is 2.13. The van der Waals surface area contributed by atoms with E-state index in [1.165, 1.54) is 24.0 Å². The molecule has 0 saturated carbocycles. The van der Waals surface area contributed by atoms with Gasteiger partial charge in [-0.2, -0.15) is 0 Å². The fraction of sp³-hybridized carbons (Fsp3) is 0.478. The molecule has 0 saturated heterocycles. The Morgan fingerprint density at radius 1 is 0.800 bits per heavy atom. The number of hydrogen-bond acceptors (Lipinski definition) is 2. The van der Waals surface area contributed by atoms with Crippen molar-refractivity contribution in [3.63, 3.8) is 0 Å². The molecule has 0 bridgehead atoms. The third kappa shape index (κ3) is 6.55. The molecule has 2 rings (SSSR count). The van der Waals surface area contributed by atoms with E-state index < -0.39 is 0 Å². The van der Waals surface area contributed by atoms with E-state index in [1.54, 1.807) is 7.11 Å². The second-order valence-corrected chi connectivity index (χ2v) is 7.32. The van der Waals surface area contributed by atoms with Crippen LogP contribution in [-0.4, -0.2) is 13.7 Å². The molecule has 0 aliphatic carbocycles. The van der Waals surface area contributed by atoms with E-state index in [1.807, 2.05) is 0 Å². The molecular weight excluding hydrogens is 306 g/mol. The lowest BCUT2D eigenvalue weighted by Gasteiger charge is -2.21. The van der Waals surface area contributed by atoms with E-state index >= 15 is 0 Å². The molecule has 2 aromatic rings.